The molecule has 1 amide bonds. The van der Waals surface area contributed by atoms with Crippen molar-refractivity contribution in [2.45, 2.75) is 47.5 Å². The fourth-order valence-corrected chi connectivity index (χ4v) is 3.24. The van der Waals surface area contributed by atoms with Gasteiger partial charge in [-0.15, -0.1) is 0 Å². The van der Waals surface area contributed by atoms with Crippen molar-refractivity contribution < 1.29 is 23.9 Å². The number of para-hydroxylation sites is 1. The van der Waals surface area contributed by atoms with Crippen molar-refractivity contribution in [1.82, 2.24) is 0 Å². The highest BCUT2D eigenvalue weighted by atomic mass is 16.5. The molecule has 0 aliphatic carbocycles. The van der Waals surface area contributed by atoms with E-state index in [4.69, 9.17) is 9.47 Å². The number of amides is 1. The molecular weight excluding hydrogens is 346 g/mol. The molecular formula is C21H31NO5. The zero-order valence-electron chi connectivity index (χ0n) is 17.3. The molecule has 1 unspecified atom stereocenters. The number of carbonyl (C=O) groups is 3. The summed E-state index contributed by atoms with van der Waals surface area (Å²) in [6.07, 6.45) is 0.381. The Morgan fingerprint density at radius 3 is 2.30 bits per heavy atom. The Morgan fingerprint density at radius 2 is 1.78 bits per heavy atom. The van der Waals surface area contributed by atoms with Crippen LogP contribution in [0.3, 0.4) is 0 Å². The summed E-state index contributed by atoms with van der Waals surface area (Å²) >= 11 is 0. The molecule has 1 atom stereocenters. The van der Waals surface area contributed by atoms with E-state index in [1.807, 2.05) is 45.9 Å². The fraction of sp³-hybridized carbons (Fsp3) is 0.571. The molecule has 0 radical (unpaired) electrons. The monoisotopic (exact) mass is 377 g/mol. The molecule has 1 aromatic carbocycles. The summed E-state index contributed by atoms with van der Waals surface area (Å²) in [5.74, 6) is -0.678. The number of benzene rings is 1. The summed E-state index contributed by atoms with van der Waals surface area (Å²) < 4.78 is 10.4. The molecule has 0 spiro atoms. The number of anilines is 1. The number of ketones is 1. The van der Waals surface area contributed by atoms with Crippen molar-refractivity contribution in [3.05, 3.63) is 29.3 Å². The molecule has 1 fully saturated rings. The zero-order valence-corrected chi connectivity index (χ0v) is 17.3. The number of methoxy groups -OCH3 is 1. The maximum absolute atomic E-state index is 12.7. The Bertz CT molecular complexity index is 665. The molecule has 1 heterocycles. The lowest BCUT2D eigenvalue weighted by Gasteiger charge is -2.27. The minimum atomic E-state index is -1.09. The van der Waals surface area contributed by atoms with E-state index in [0.717, 1.165) is 16.8 Å². The summed E-state index contributed by atoms with van der Waals surface area (Å²) in [6, 6.07) is 5.80. The molecule has 0 saturated carbocycles. The lowest BCUT2D eigenvalue weighted by atomic mass is 9.88. The molecule has 27 heavy (non-hydrogen) atoms. The average molecular weight is 377 g/mol. The quantitative estimate of drug-likeness (QED) is 0.682. The third-order valence-corrected chi connectivity index (χ3v) is 4.62. The minimum Gasteiger partial charge on any atom is -0.468 e. The Labute approximate surface area is 161 Å². The van der Waals surface area contributed by atoms with Crippen LogP contribution in [0.2, 0.25) is 0 Å². The van der Waals surface area contributed by atoms with Gasteiger partial charge in [0.1, 0.15) is 12.0 Å². The number of aryl methyl sites for hydroxylation is 2. The molecule has 1 saturated heterocycles. The van der Waals surface area contributed by atoms with Crippen LogP contribution in [-0.4, -0.2) is 44.5 Å². The Hall–Kier alpha value is -2.21. The van der Waals surface area contributed by atoms with E-state index in [-0.39, 0.29) is 37.9 Å². The van der Waals surface area contributed by atoms with Crippen LogP contribution in [0.1, 0.15) is 44.7 Å². The Kier molecular flexibility index (Phi) is 8.63. The van der Waals surface area contributed by atoms with E-state index in [1.165, 1.54) is 7.11 Å². The largest absolute Gasteiger partial charge is 0.468 e. The molecule has 1 aliphatic rings. The topological polar surface area (TPSA) is 72.9 Å². The van der Waals surface area contributed by atoms with Crippen molar-refractivity contribution in [3.8, 4) is 0 Å². The van der Waals surface area contributed by atoms with Gasteiger partial charge in [-0.2, -0.15) is 0 Å². The van der Waals surface area contributed by atoms with Gasteiger partial charge in [0.05, 0.1) is 13.7 Å². The van der Waals surface area contributed by atoms with Gasteiger partial charge in [0, 0.05) is 25.1 Å². The average Bonchev–Trinajstić information content (AvgIpc) is 2.99. The highest BCUT2D eigenvalue weighted by Crippen LogP contribution is 2.38. The summed E-state index contributed by atoms with van der Waals surface area (Å²) in [5, 5.41) is 0. The van der Waals surface area contributed by atoms with Crippen LogP contribution >= 0.6 is 0 Å². The first-order valence-corrected chi connectivity index (χ1v) is 9.39. The van der Waals surface area contributed by atoms with E-state index in [1.54, 1.807) is 11.8 Å². The molecule has 0 aromatic heterocycles. The van der Waals surface area contributed by atoms with Crippen molar-refractivity contribution in [2.24, 2.45) is 5.41 Å². The van der Waals surface area contributed by atoms with Crippen molar-refractivity contribution in [1.29, 1.82) is 0 Å². The van der Waals surface area contributed by atoms with Gasteiger partial charge in [0.2, 0.25) is 5.91 Å². The summed E-state index contributed by atoms with van der Waals surface area (Å²) in [5.41, 5.74) is 1.67. The van der Waals surface area contributed by atoms with Gasteiger partial charge in [-0.3, -0.25) is 14.4 Å². The second-order valence-corrected chi connectivity index (χ2v) is 6.55. The van der Waals surface area contributed by atoms with Crippen LogP contribution in [0.4, 0.5) is 5.69 Å². The summed E-state index contributed by atoms with van der Waals surface area (Å²) in [4.78, 5) is 38.2. The third kappa shape index (κ3) is 5.16. The van der Waals surface area contributed by atoms with Gasteiger partial charge in [-0.05, 0) is 25.0 Å². The van der Waals surface area contributed by atoms with E-state index in [0.29, 0.717) is 6.42 Å². The smallest absolute Gasteiger partial charge is 0.316 e. The second kappa shape index (κ2) is 10.2. The third-order valence-electron chi connectivity index (χ3n) is 4.62. The van der Waals surface area contributed by atoms with Crippen LogP contribution in [0.25, 0.3) is 0 Å². The van der Waals surface area contributed by atoms with E-state index in [2.05, 4.69) is 0 Å². The SMILES string of the molecule is CC.CCC(=O)COCC1(C(=O)OC)CC(=O)N(c2c(C)cccc2C)C1. The van der Waals surface area contributed by atoms with Crippen LogP contribution in [-0.2, 0) is 23.9 Å². The minimum absolute atomic E-state index is 0.00770. The number of hydrogen-bond donors (Lipinski definition) is 0. The molecule has 150 valence electrons. The summed E-state index contributed by atoms with van der Waals surface area (Å²) in [7, 11) is 1.30. The van der Waals surface area contributed by atoms with Crippen molar-refractivity contribution in [2.75, 3.05) is 31.8 Å². The lowest BCUT2D eigenvalue weighted by Crippen LogP contribution is -2.40. The molecule has 1 aromatic rings. The molecule has 0 N–H and O–H groups in total. The molecule has 1 aliphatic heterocycles. The van der Waals surface area contributed by atoms with Gasteiger partial charge in [-0.25, -0.2) is 0 Å². The van der Waals surface area contributed by atoms with Crippen molar-refractivity contribution >= 4 is 23.3 Å². The van der Waals surface area contributed by atoms with Crippen molar-refractivity contribution in [3.63, 3.8) is 0 Å². The van der Waals surface area contributed by atoms with Gasteiger partial charge < -0.3 is 14.4 Å². The van der Waals surface area contributed by atoms with E-state index < -0.39 is 11.4 Å². The number of nitrogens with zero attached hydrogens (tertiary/aromatic N) is 1. The molecule has 0 bridgehead atoms. The number of Topliss-reactive ketones (excluding diaryl/α,β-unsaturated/α-hetero) is 1. The Balaban J connectivity index is 0.00000176. The second-order valence-electron chi connectivity index (χ2n) is 6.55. The first-order valence-electron chi connectivity index (χ1n) is 9.39. The first-order chi connectivity index (χ1) is 12.8. The first kappa shape index (κ1) is 22.8. The van der Waals surface area contributed by atoms with Crippen LogP contribution in [0.5, 0.6) is 0 Å². The van der Waals surface area contributed by atoms with Crippen LogP contribution in [0.15, 0.2) is 18.2 Å². The van der Waals surface area contributed by atoms with Crippen LogP contribution < -0.4 is 4.90 Å². The van der Waals surface area contributed by atoms with E-state index >= 15 is 0 Å². The fourth-order valence-electron chi connectivity index (χ4n) is 3.24. The number of ether oxygens (including phenoxy) is 2. The molecule has 6 nitrogen and oxygen atoms in total. The predicted molar refractivity (Wildman–Crippen MR) is 105 cm³/mol. The summed E-state index contributed by atoms with van der Waals surface area (Å²) in [6.45, 7) is 9.73. The number of carbonyl (C=O) groups excluding carboxylic acids is 3. The standard InChI is InChI=1S/C19H25NO5.C2H6/c1-5-15(21)10-25-12-19(18(23)24-4)9-16(22)20(11-19)17-13(2)7-6-8-14(17)3;1-2/h6-8H,5,9-12H2,1-4H3;1-2H3. The van der Waals surface area contributed by atoms with Gasteiger partial charge in [-0.1, -0.05) is 39.0 Å². The number of esters is 1. The van der Waals surface area contributed by atoms with Crippen LogP contribution in [0, 0.1) is 19.3 Å². The lowest BCUT2D eigenvalue weighted by molar-refractivity contribution is -0.156. The number of hydrogen-bond acceptors (Lipinski definition) is 5. The van der Waals surface area contributed by atoms with Gasteiger partial charge >= 0.3 is 5.97 Å². The predicted octanol–water partition coefficient (Wildman–Crippen LogP) is 3.22. The highest BCUT2D eigenvalue weighted by molar-refractivity contribution is 6.02. The highest BCUT2D eigenvalue weighted by Gasteiger charge is 2.51. The molecule has 2 rings (SSSR count). The number of rotatable bonds is 7. The van der Waals surface area contributed by atoms with Gasteiger partial charge in [0.15, 0.2) is 5.78 Å². The van der Waals surface area contributed by atoms with E-state index in [9.17, 15) is 14.4 Å². The maximum Gasteiger partial charge on any atom is 0.316 e. The van der Waals surface area contributed by atoms with Gasteiger partial charge in [0.25, 0.3) is 0 Å². The zero-order chi connectivity index (χ0) is 20.6. The maximum atomic E-state index is 12.7. The Morgan fingerprint density at radius 1 is 1.19 bits per heavy atom. The molecule has 6 heteroatoms. The normalized spacial score (nSPS) is 18.7.